The lowest BCUT2D eigenvalue weighted by Gasteiger charge is -2.19. The number of hydrogen-bond donors (Lipinski definition) is 1. The molecule has 3 nitrogen and oxygen atoms in total. The molecule has 0 aliphatic carbocycles. The van der Waals surface area contributed by atoms with E-state index in [-0.39, 0.29) is 11.8 Å². The molecule has 1 unspecified atom stereocenters. The van der Waals surface area contributed by atoms with Crippen molar-refractivity contribution in [2.24, 2.45) is 5.92 Å². The maximum atomic E-state index is 11.2. The molecule has 2 fully saturated rings. The minimum atomic E-state index is 0.187. The molecule has 0 aromatic heterocycles. The lowest BCUT2D eigenvalue weighted by Crippen LogP contribution is -2.34. The van der Waals surface area contributed by atoms with Crippen LogP contribution in [-0.4, -0.2) is 36.5 Å². The Morgan fingerprint density at radius 2 is 2.36 bits per heavy atom. The summed E-state index contributed by atoms with van der Waals surface area (Å²) in [5.41, 5.74) is 0. The summed E-state index contributed by atoms with van der Waals surface area (Å²) >= 11 is 0. The molecule has 0 aromatic rings. The number of carbonyl (C=O) groups is 1. The number of carbonyl (C=O) groups excluding carboxylic acids is 1. The summed E-state index contributed by atoms with van der Waals surface area (Å²) < 4.78 is 0. The zero-order chi connectivity index (χ0) is 8.01. The largest absolute Gasteiger partial charge is 0.351 e. The SMILES string of the molecule is C[C@@H]1C(=O)N[C@@H]2CCN(C)C12. The lowest BCUT2D eigenvalue weighted by atomic mass is 10.0. The Bertz CT molecular complexity index is 193. The molecule has 3 atom stereocenters. The predicted molar refractivity (Wildman–Crippen MR) is 42.1 cm³/mol. The Labute approximate surface area is 66.8 Å². The monoisotopic (exact) mass is 154 g/mol. The smallest absolute Gasteiger partial charge is 0.224 e. The molecule has 2 aliphatic heterocycles. The molecule has 1 amide bonds. The van der Waals surface area contributed by atoms with E-state index in [4.69, 9.17) is 0 Å². The van der Waals surface area contributed by atoms with Gasteiger partial charge in [-0.2, -0.15) is 0 Å². The van der Waals surface area contributed by atoms with Crippen LogP contribution in [0.1, 0.15) is 13.3 Å². The minimum Gasteiger partial charge on any atom is -0.351 e. The Hall–Kier alpha value is -0.570. The van der Waals surface area contributed by atoms with Gasteiger partial charge in [-0.25, -0.2) is 0 Å². The van der Waals surface area contributed by atoms with Gasteiger partial charge < -0.3 is 10.2 Å². The van der Waals surface area contributed by atoms with Crippen LogP contribution in [0.3, 0.4) is 0 Å². The molecule has 0 aromatic carbocycles. The standard InChI is InChI=1S/C8H14N2O/c1-5-7-6(9-8(5)11)3-4-10(7)2/h5-7H,3-4H2,1-2H3,(H,9,11)/t5-,6+,7?/m0/s1. The molecule has 2 saturated heterocycles. The van der Waals surface area contributed by atoms with Crippen molar-refractivity contribution in [3.63, 3.8) is 0 Å². The van der Waals surface area contributed by atoms with Crippen molar-refractivity contribution in [3.8, 4) is 0 Å². The van der Waals surface area contributed by atoms with Gasteiger partial charge in [0, 0.05) is 18.6 Å². The van der Waals surface area contributed by atoms with Gasteiger partial charge in [-0.1, -0.05) is 6.92 Å². The highest BCUT2D eigenvalue weighted by Gasteiger charge is 2.44. The van der Waals surface area contributed by atoms with Crippen molar-refractivity contribution >= 4 is 5.91 Å². The maximum absolute atomic E-state index is 11.2. The molecule has 0 spiro atoms. The molecule has 62 valence electrons. The number of nitrogens with zero attached hydrogens (tertiary/aromatic N) is 1. The van der Waals surface area contributed by atoms with Gasteiger partial charge in [0.1, 0.15) is 0 Å². The minimum absolute atomic E-state index is 0.187. The molecule has 1 N–H and O–H groups in total. The highest BCUT2D eigenvalue weighted by molar-refractivity contribution is 5.82. The van der Waals surface area contributed by atoms with E-state index < -0.39 is 0 Å². The van der Waals surface area contributed by atoms with Gasteiger partial charge in [0.25, 0.3) is 0 Å². The Morgan fingerprint density at radius 1 is 1.64 bits per heavy atom. The van der Waals surface area contributed by atoms with Crippen molar-refractivity contribution in [2.45, 2.75) is 25.4 Å². The third kappa shape index (κ3) is 0.872. The van der Waals surface area contributed by atoms with Gasteiger partial charge in [-0.15, -0.1) is 0 Å². The molecule has 3 heteroatoms. The number of fused-ring (bicyclic) bond motifs is 1. The van der Waals surface area contributed by atoms with E-state index in [2.05, 4.69) is 17.3 Å². The normalized spacial score (nSPS) is 44.2. The Balaban J connectivity index is 2.19. The fraction of sp³-hybridized carbons (Fsp3) is 0.875. The summed E-state index contributed by atoms with van der Waals surface area (Å²) in [6.07, 6.45) is 1.12. The molecule has 0 bridgehead atoms. The average molecular weight is 154 g/mol. The number of likely N-dealkylation sites (tertiary alicyclic amines) is 1. The number of rotatable bonds is 0. The topological polar surface area (TPSA) is 32.3 Å². The fourth-order valence-corrected chi connectivity index (χ4v) is 2.33. The molecule has 2 rings (SSSR count). The second-order valence-electron chi connectivity index (χ2n) is 3.66. The molecule has 2 heterocycles. The van der Waals surface area contributed by atoms with Crippen LogP contribution in [0.4, 0.5) is 0 Å². The van der Waals surface area contributed by atoms with Crippen LogP contribution in [0.25, 0.3) is 0 Å². The van der Waals surface area contributed by atoms with Gasteiger partial charge >= 0.3 is 0 Å². The van der Waals surface area contributed by atoms with Crippen molar-refractivity contribution in [3.05, 3.63) is 0 Å². The highest BCUT2D eigenvalue weighted by atomic mass is 16.2. The van der Waals surface area contributed by atoms with E-state index in [0.717, 1.165) is 13.0 Å². The number of likely N-dealkylation sites (N-methyl/N-ethyl adjacent to an activating group) is 1. The highest BCUT2D eigenvalue weighted by Crippen LogP contribution is 2.28. The van der Waals surface area contributed by atoms with Crippen molar-refractivity contribution < 1.29 is 4.79 Å². The van der Waals surface area contributed by atoms with Crippen LogP contribution >= 0.6 is 0 Å². The van der Waals surface area contributed by atoms with E-state index in [1.165, 1.54) is 0 Å². The second kappa shape index (κ2) is 2.21. The summed E-state index contributed by atoms with van der Waals surface area (Å²) in [5, 5.41) is 3.02. The summed E-state index contributed by atoms with van der Waals surface area (Å²) in [5.74, 6) is 0.416. The van der Waals surface area contributed by atoms with E-state index in [9.17, 15) is 4.79 Å². The van der Waals surface area contributed by atoms with Gasteiger partial charge in [0.2, 0.25) is 5.91 Å². The number of hydrogen-bond acceptors (Lipinski definition) is 2. The van der Waals surface area contributed by atoms with Crippen LogP contribution in [0.15, 0.2) is 0 Å². The summed E-state index contributed by atoms with van der Waals surface area (Å²) in [4.78, 5) is 13.5. The van der Waals surface area contributed by atoms with Crippen molar-refractivity contribution in [1.29, 1.82) is 0 Å². The molecular weight excluding hydrogens is 140 g/mol. The molecular formula is C8H14N2O. The van der Waals surface area contributed by atoms with Gasteiger partial charge in [-0.3, -0.25) is 4.79 Å². The molecule has 2 aliphatic rings. The Kier molecular flexibility index (Phi) is 1.42. The Morgan fingerprint density at radius 3 is 3.00 bits per heavy atom. The fourth-order valence-electron chi connectivity index (χ4n) is 2.33. The quantitative estimate of drug-likeness (QED) is 0.525. The van der Waals surface area contributed by atoms with E-state index in [1.54, 1.807) is 0 Å². The summed E-state index contributed by atoms with van der Waals surface area (Å²) in [6.45, 7) is 3.14. The summed E-state index contributed by atoms with van der Waals surface area (Å²) in [7, 11) is 2.10. The first-order valence-electron chi connectivity index (χ1n) is 4.21. The predicted octanol–water partition coefficient (Wildman–Crippen LogP) is -0.175. The van der Waals surface area contributed by atoms with E-state index >= 15 is 0 Å². The van der Waals surface area contributed by atoms with Crippen LogP contribution in [-0.2, 0) is 4.79 Å². The van der Waals surface area contributed by atoms with Gasteiger partial charge in [-0.05, 0) is 13.5 Å². The first-order valence-corrected chi connectivity index (χ1v) is 4.21. The molecule has 0 saturated carbocycles. The van der Waals surface area contributed by atoms with Crippen molar-refractivity contribution in [2.75, 3.05) is 13.6 Å². The lowest BCUT2D eigenvalue weighted by molar-refractivity contribution is -0.122. The van der Waals surface area contributed by atoms with Crippen LogP contribution < -0.4 is 5.32 Å². The second-order valence-corrected chi connectivity index (χ2v) is 3.66. The maximum Gasteiger partial charge on any atom is 0.224 e. The third-order valence-electron chi connectivity index (χ3n) is 2.97. The average Bonchev–Trinajstić information content (AvgIpc) is 2.41. The molecule has 11 heavy (non-hydrogen) atoms. The number of amides is 1. The zero-order valence-electron chi connectivity index (χ0n) is 7.00. The van der Waals surface area contributed by atoms with E-state index in [0.29, 0.717) is 12.1 Å². The van der Waals surface area contributed by atoms with Gasteiger partial charge in [0.15, 0.2) is 0 Å². The van der Waals surface area contributed by atoms with Gasteiger partial charge in [0.05, 0.1) is 5.92 Å². The van der Waals surface area contributed by atoms with Crippen molar-refractivity contribution in [1.82, 2.24) is 10.2 Å². The first kappa shape index (κ1) is 7.10. The van der Waals surface area contributed by atoms with E-state index in [1.807, 2.05) is 6.92 Å². The summed E-state index contributed by atoms with van der Waals surface area (Å²) in [6, 6.07) is 0.894. The van der Waals surface area contributed by atoms with Crippen LogP contribution in [0.5, 0.6) is 0 Å². The first-order chi connectivity index (χ1) is 5.20. The molecule has 0 radical (unpaired) electrons. The number of nitrogens with one attached hydrogen (secondary N) is 1. The third-order valence-corrected chi connectivity index (χ3v) is 2.97. The van der Waals surface area contributed by atoms with Crippen LogP contribution in [0, 0.1) is 5.92 Å². The zero-order valence-corrected chi connectivity index (χ0v) is 7.00. The van der Waals surface area contributed by atoms with Crippen LogP contribution in [0.2, 0.25) is 0 Å².